The van der Waals surface area contributed by atoms with Gasteiger partial charge in [-0.15, -0.1) is 11.3 Å². The lowest BCUT2D eigenvalue weighted by Crippen LogP contribution is -2.44. The number of rotatable bonds is 7. The van der Waals surface area contributed by atoms with Gasteiger partial charge in [-0.1, -0.05) is 48.0 Å². The highest BCUT2D eigenvalue weighted by Crippen LogP contribution is 2.23. The van der Waals surface area contributed by atoms with Crippen molar-refractivity contribution in [3.63, 3.8) is 0 Å². The summed E-state index contributed by atoms with van der Waals surface area (Å²) in [6.45, 7) is 2.98. The van der Waals surface area contributed by atoms with Crippen molar-refractivity contribution in [3.05, 3.63) is 76.3 Å². The van der Waals surface area contributed by atoms with Gasteiger partial charge in [0, 0.05) is 41.8 Å². The Kier molecular flexibility index (Phi) is 7.00. The number of anilines is 2. The predicted octanol–water partition coefficient (Wildman–Crippen LogP) is 4.86. The first-order chi connectivity index (χ1) is 14.6. The van der Waals surface area contributed by atoms with Crippen molar-refractivity contribution in [2.24, 2.45) is 0 Å². The number of aromatic nitrogens is 1. The second-order valence-electron chi connectivity index (χ2n) is 7.56. The summed E-state index contributed by atoms with van der Waals surface area (Å²) in [6.07, 6.45) is 2.27. The minimum Gasteiger partial charge on any atom is -0.353 e. The molecule has 0 atom stereocenters. The van der Waals surface area contributed by atoms with Crippen LogP contribution in [-0.2, 0) is 17.8 Å². The van der Waals surface area contributed by atoms with Gasteiger partial charge in [0.2, 0.25) is 5.91 Å². The molecule has 0 radical (unpaired) electrons. The Labute approximate surface area is 186 Å². The van der Waals surface area contributed by atoms with E-state index in [-0.39, 0.29) is 11.9 Å². The number of hydrogen-bond donors (Lipinski definition) is 2. The molecule has 2 heterocycles. The topological polar surface area (TPSA) is 57.3 Å². The second kappa shape index (κ2) is 10.1. The number of amides is 1. The molecule has 1 aliphatic heterocycles. The van der Waals surface area contributed by atoms with Crippen LogP contribution in [0.4, 0.5) is 10.8 Å². The van der Waals surface area contributed by atoms with E-state index in [0.29, 0.717) is 11.4 Å². The maximum atomic E-state index is 12.5. The van der Waals surface area contributed by atoms with Crippen molar-refractivity contribution in [1.29, 1.82) is 0 Å². The number of halogens is 1. The number of nitrogens with zero attached hydrogens (tertiary/aromatic N) is 2. The highest BCUT2D eigenvalue weighted by molar-refractivity contribution is 7.13. The first-order valence-electron chi connectivity index (χ1n) is 10.2. The van der Waals surface area contributed by atoms with E-state index in [2.05, 4.69) is 44.8 Å². The summed E-state index contributed by atoms with van der Waals surface area (Å²) in [4.78, 5) is 19.4. The van der Waals surface area contributed by atoms with Crippen molar-refractivity contribution >= 4 is 39.7 Å². The summed E-state index contributed by atoms with van der Waals surface area (Å²) in [5.41, 5.74) is 3.00. The van der Waals surface area contributed by atoms with Crippen LogP contribution in [0, 0.1) is 0 Å². The van der Waals surface area contributed by atoms with E-state index in [1.807, 2.05) is 35.7 Å². The number of nitrogens with one attached hydrogen (secondary N) is 2. The van der Waals surface area contributed by atoms with Gasteiger partial charge in [-0.2, -0.15) is 0 Å². The zero-order chi connectivity index (χ0) is 20.8. The molecular weight excluding hydrogens is 416 g/mol. The summed E-state index contributed by atoms with van der Waals surface area (Å²) in [7, 11) is 0. The molecule has 156 valence electrons. The smallest absolute Gasteiger partial charge is 0.226 e. The van der Waals surface area contributed by atoms with Gasteiger partial charge in [0.05, 0.1) is 12.1 Å². The highest BCUT2D eigenvalue weighted by atomic mass is 35.5. The summed E-state index contributed by atoms with van der Waals surface area (Å²) in [5.74, 6) is 0.0381. The largest absolute Gasteiger partial charge is 0.353 e. The highest BCUT2D eigenvalue weighted by Gasteiger charge is 2.21. The van der Waals surface area contributed by atoms with E-state index in [1.165, 1.54) is 16.9 Å². The van der Waals surface area contributed by atoms with Crippen LogP contribution in [0.25, 0.3) is 0 Å². The predicted molar refractivity (Wildman–Crippen MR) is 123 cm³/mol. The lowest BCUT2D eigenvalue weighted by Gasteiger charge is -2.32. The Morgan fingerprint density at radius 3 is 2.70 bits per heavy atom. The fourth-order valence-corrected chi connectivity index (χ4v) is 4.58. The molecule has 0 spiro atoms. The quantitative estimate of drug-likeness (QED) is 0.550. The fourth-order valence-electron chi connectivity index (χ4n) is 3.66. The van der Waals surface area contributed by atoms with Gasteiger partial charge in [0.15, 0.2) is 5.13 Å². The van der Waals surface area contributed by atoms with Crippen LogP contribution in [0.2, 0.25) is 5.02 Å². The number of hydrogen-bond acceptors (Lipinski definition) is 5. The lowest BCUT2D eigenvalue weighted by atomic mass is 10.0. The Bertz CT molecular complexity index is 970. The Balaban J connectivity index is 1.21. The van der Waals surface area contributed by atoms with Gasteiger partial charge in [-0.25, -0.2) is 4.98 Å². The molecule has 4 rings (SSSR count). The number of piperidine rings is 1. The fraction of sp³-hybridized carbons (Fsp3) is 0.304. The van der Waals surface area contributed by atoms with Gasteiger partial charge in [0.1, 0.15) is 0 Å². The molecule has 7 heteroatoms. The van der Waals surface area contributed by atoms with Crippen LogP contribution in [0.1, 0.15) is 24.1 Å². The molecule has 2 aromatic carbocycles. The first kappa shape index (κ1) is 20.8. The number of benzene rings is 2. The van der Waals surface area contributed by atoms with E-state index >= 15 is 0 Å². The van der Waals surface area contributed by atoms with E-state index in [9.17, 15) is 4.79 Å². The van der Waals surface area contributed by atoms with Crippen molar-refractivity contribution in [2.45, 2.75) is 31.8 Å². The molecule has 0 saturated carbocycles. The molecule has 1 aliphatic rings. The minimum absolute atomic E-state index is 0.0381. The summed E-state index contributed by atoms with van der Waals surface area (Å²) in [5, 5.41) is 9.77. The number of thiazole rings is 1. The van der Waals surface area contributed by atoms with E-state index < -0.39 is 0 Å². The molecule has 5 nitrogen and oxygen atoms in total. The van der Waals surface area contributed by atoms with Gasteiger partial charge < -0.3 is 10.6 Å². The maximum absolute atomic E-state index is 12.5. The van der Waals surface area contributed by atoms with Crippen molar-refractivity contribution in [3.8, 4) is 0 Å². The third kappa shape index (κ3) is 6.05. The van der Waals surface area contributed by atoms with Gasteiger partial charge in [-0.3, -0.25) is 9.69 Å². The van der Waals surface area contributed by atoms with Crippen LogP contribution in [-0.4, -0.2) is 34.9 Å². The summed E-state index contributed by atoms with van der Waals surface area (Å²) >= 11 is 7.50. The molecule has 0 aliphatic carbocycles. The Hall–Kier alpha value is -2.41. The SMILES string of the molecule is O=C(Cc1csc(Nc2cccc(Cl)c2)n1)NC1CCN(Cc2ccccc2)CC1. The van der Waals surface area contributed by atoms with Gasteiger partial charge in [0.25, 0.3) is 0 Å². The zero-order valence-corrected chi connectivity index (χ0v) is 18.3. The van der Waals surface area contributed by atoms with Gasteiger partial charge in [-0.05, 0) is 36.6 Å². The zero-order valence-electron chi connectivity index (χ0n) is 16.7. The average molecular weight is 441 g/mol. The second-order valence-corrected chi connectivity index (χ2v) is 8.85. The molecule has 0 unspecified atom stereocenters. The van der Waals surface area contributed by atoms with Crippen molar-refractivity contribution in [1.82, 2.24) is 15.2 Å². The van der Waals surface area contributed by atoms with Crippen LogP contribution in [0.3, 0.4) is 0 Å². The number of carbonyl (C=O) groups is 1. The molecule has 1 amide bonds. The normalized spacial score (nSPS) is 15.1. The average Bonchev–Trinajstić information content (AvgIpc) is 3.17. The maximum Gasteiger partial charge on any atom is 0.226 e. The minimum atomic E-state index is 0.0381. The van der Waals surface area contributed by atoms with Gasteiger partial charge >= 0.3 is 0 Å². The molecule has 30 heavy (non-hydrogen) atoms. The van der Waals surface area contributed by atoms with E-state index in [4.69, 9.17) is 11.6 Å². The first-order valence-corrected chi connectivity index (χ1v) is 11.4. The third-order valence-electron chi connectivity index (χ3n) is 5.17. The van der Waals surface area contributed by atoms with Crippen molar-refractivity contribution < 1.29 is 4.79 Å². The summed E-state index contributed by atoms with van der Waals surface area (Å²) in [6, 6.07) is 18.3. The van der Waals surface area contributed by atoms with Crippen LogP contribution in [0.5, 0.6) is 0 Å². The monoisotopic (exact) mass is 440 g/mol. The van der Waals surface area contributed by atoms with Crippen LogP contribution in [0.15, 0.2) is 60.0 Å². The molecule has 2 N–H and O–H groups in total. The van der Waals surface area contributed by atoms with Crippen LogP contribution < -0.4 is 10.6 Å². The summed E-state index contributed by atoms with van der Waals surface area (Å²) < 4.78 is 0. The number of likely N-dealkylation sites (tertiary alicyclic amines) is 1. The molecule has 1 aromatic heterocycles. The van der Waals surface area contributed by atoms with E-state index in [0.717, 1.165) is 49.0 Å². The third-order valence-corrected chi connectivity index (χ3v) is 6.21. The van der Waals surface area contributed by atoms with E-state index in [1.54, 1.807) is 0 Å². The Morgan fingerprint density at radius 1 is 1.13 bits per heavy atom. The van der Waals surface area contributed by atoms with Crippen LogP contribution >= 0.6 is 22.9 Å². The molecule has 1 fully saturated rings. The molecule has 3 aromatic rings. The molecule has 1 saturated heterocycles. The molecule has 0 bridgehead atoms. The number of carbonyl (C=O) groups excluding carboxylic acids is 1. The van der Waals surface area contributed by atoms with Crippen molar-refractivity contribution in [2.75, 3.05) is 18.4 Å². The Morgan fingerprint density at radius 2 is 1.93 bits per heavy atom. The molecular formula is C23H25ClN4OS. The lowest BCUT2D eigenvalue weighted by molar-refractivity contribution is -0.121. The standard InChI is InChI=1S/C23H25ClN4OS/c24-18-7-4-8-20(13-18)26-23-27-21(16-30-23)14-22(29)25-19-9-11-28(12-10-19)15-17-5-2-1-3-6-17/h1-8,13,16,19H,9-12,14-15H2,(H,25,29)(H,26,27).